The molecule has 0 aliphatic carbocycles. The van der Waals surface area contributed by atoms with E-state index >= 15 is 0 Å². The summed E-state index contributed by atoms with van der Waals surface area (Å²) in [5, 5.41) is 6.07. The number of rotatable bonds is 4. The number of hydrogen-bond acceptors (Lipinski definition) is 3. The minimum absolute atomic E-state index is 0.00699. The molecule has 2 atom stereocenters. The van der Waals surface area contributed by atoms with Crippen molar-refractivity contribution < 1.29 is 4.79 Å². The van der Waals surface area contributed by atoms with Crippen molar-refractivity contribution in [3.63, 3.8) is 0 Å². The standard InChI is InChI=1S/C11H23N3O/c1-4-9(2)14-7-5-6-13-11(15)10(14)8-12-3/h9-10,12H,4-8H2,1-3H3,(H,13,15). The third-order valence-electron chi connectivity index (χ3n) is 3.15. The molecule has 0 radical (unpaired) electrons. The van der Waals surface area contributed by atoms with Gasteiger partial charge in [0, 0.05) is 25.7 Å². The van der Waals surface area contributed by atoms with Gasteiger partial charge in [-0.05, 0) is 26.8 Å². The topological polar surface area (TPSA) is 44.4 Å². The van der Waals surface area contributed by atoms with Crippen molar-refractivity contribution >= 4 is 5.91 Å². The van der Waals surface area contributed by atoms with Crippen LogP contribution >= 0.6 is 0 Å². The molecule has 1 saturated heterocycles. The van der Waals surface area contributed by atoms with E-state index in [2.05, 4.69) is 29.4 Å². The molecule has 1 aliphatic rings. The zero-order valence-electron chi connectivity index (χ0n) is 10.0. The quantitative estimate of drug-likeness (QED) is 0.701. The number of carbonyl (C=O) groups is 1. The lowest BCUT2D eigenvalue weighted by Gasteiger charge is -2.33. The Hall–Kier alpha value is -0.610. The van der Waals surface area contributed by atoms with Gasteiger partial charge in [0.15, 0.2) is 0 Å². The number of carbonyl (C=O) groups excluding carboxylic acids is 1. The molecule has 1 amide bonds. The molecule has 2 N–H and O–H groups in total. The first-order valence-corrected chi connectivity index (χ1v) is 5.88. The van der Waals surface area contributed by atoms with Crippen LogP contribution in [0.3, 0.4) is 0 Å². The molecule has 4 heteroatoms. The highest BCUT2D eigenvalue weighted by Crippen LogP contribution is 2.12. The smallest absolute Gasteiger partial charge is 0.238 e. The Kier molecular flexibility index (Phi) is 5.05. The maximum atomic E-state index is 11.8. The van der Waals surface area contributed by atoms with Crippen LogP contribution in [-0.2, 0) is 4.79 Å². The van der Waals surface area contributed by atoms with Crippen molar-refractivity contribution in [2.45, 2.75) is 38.8 Å². The molecule has 2 unspecified atom stereocenters. The summed E-state index contributed by atoms with van der Waals surface area (Å²) in [6, 6.07) is 0.472. The molecule has 0 spiro atoms. The van der Waals surface area contributed by atoms with Crippen LogP contribution in [-0.4, -0.2) is 49.6 Å². The number of hydrogen-bond donors (Lipinski definition) is 2. The molecule has 0 aromatic carbocycles. The van der Waals surface area contributed by atoms with Gasteiger partial charge in [-0.15, -0.1) is 0 Å². The lowest BCUT2D eigenvalue weighted by Crippen LogP contribution is -2.52. The fourth-order valence-corrected chi connectivity index (χ4v) is 2.06. The van der Waals surface area contributed by atoms with Gasteiger partial charge >= 0.3 is 0 Å². The average Bonchev–Trinajstić information content (AvgIpc) is 2.42. The lowest BCUT2D eigenvalue weighted by atomic mass is 10.1. The number of nitrogens with one attached hydrogen (secondary N) is 2. The fourth-order valence-electron chi connectivity index (χ4n) is 2.06. The zero-order chi connectivity index (χ0) is 11.3. The Balaban J connectivity index is 2.72. The summed E-state index contributed by atoms with van der Waals surface area (Å²) >= 11 is 0. The van der Waals surface area contributed by atoms with E-state index in [4.69, 9.17) is 0 Å². The van der Waals surface area contributed by atoms with Crippen LogP contribution in [0.15, 0.2) is 0 Å². The third-order valence-corrected chi connectivity index (χ3v) is 3.15. The summed E-state index contributed by atoms with van der Waals surface area (Å²) in [7, 11) is 1.90. The maximum absolute atomic E-state index is 11.8. The van der Waals surface area contributed by atoms with Crippen molar-refractivity contribution in [1.29, 1.82) is 0 Å². The molecule has 0 aromatic rings. The predicted molar refractivity (Wildman–Crippen MR) is 61.8 cm³/mol. The molecule has 4 nitrogen and oxygen atoms in total. The van der Waals surface area contributed by atoms with E-state index in [1.165, 1.54) is 0 Å². The van der Waals surface area contributed by atoms with Gasteiger partial charge in [0.25, 0.3) is 0 Å². The summed E-state index contributed by atoms with van der Waals surface area (Å²) in [5.74, 6) is 0.169. The minimum Gasteiger partial charge on any atom is -0.355 e. The van der Waals surface area contributed by atoms with E-state index in [1.807, 2.05) is 7.05 Å². The second-order valence-electron chi connectivity index (χ2n) is 4.21. The second kappa shape index (κ2) is 6.08. The van der Waals surface area contributed by atoms with Gasteiger partial charge in [-0.2, -0.15) is 0 Å². The van der Waals surface area contributed by atoms with Gasteiger partial charge < -0.3 is 10.6 Å². The first-order valence-electron chi connectivity index (χ1n) is 5.88. The van der Waals surface area contributed by atoms with Gasteiger partial charge in [0.05, 0.1) is 0 Å². The van der Waals surface area contributed by atoms with Gasteiger partial charge in [0.1, 0.15) is 6.04 Å². The molecule has 0 saturated carbocycles. The summed E-state index contributed by atoms with van der Waals surface area (Å²) < 4.78 is 0. The van der Waals surface area contributed by atoms with E-state index in [9.17, 15) is 4.79 Å². The average molecular weight is 213 g/mol. The molecule has 1 fully saturated rings. The van der Waals surface area contributed by atoms with E-state index < -0.39 is 0 Å². The van der Waals surface area contributed by atoms with E-state index in [0.717, 1.165) is 32.5 Å². The highest BCUT2D eigenvalue weighted by molar-refractivity contribution is 5.82. The normalized spacial score (nSPS) is 25.8. The SMILES string of the molecule is CCC(C)N1CCCNC(=O)C1CNC. The Morgan fingerprint density at radius 2 is 2.40 bits per heavy atom. The Morgan fingerprint density at radius 1 is 1.67 bits per heavy atom. The summed E-state index contributed by atoms with van der Waals surface area (Å²) in [6.45, 7) is 6.92. The van der Waals surface area contributed by atoms with E-state index in [-0.39, 0.29) is 11.9 Å². The minimum atomic E-state index is -0.00699. The van der Waals surface area contributed by atoms with Crippen LogP contribution in [0.2, 0.25) is 0 Å². The first kappa shape index (κ1) is 12.5. The van der Waals surface area contributed by atoms with Crippen molar-refractivity contribution in [3.8, 4) is 0 Å². The maximum Gasteiger partial charge on any atom is 0.238 e. The van der Waals surface area contributed by atoms with Gasteiger partial charge in [-0.3, -0.25) is 9.69 Å². The zero-order valence-corrected chi connectivity index (χ0v) is 10.0. The highest BCUT2D eigenvalue weighted by atomic mass is 16.2. The predicted octanol–water partition coefficient (Wildman–Crippen LogP) is 0.195. The summed E-state index contributed by atoms with van der Waals surface area (Å²) in [6.07, 6.45) is 2.14. The van der Waals surface area contributed by atoms with Gasteiger partial charge in [-0.1, -0.05) is 6.92 Å². The lowest BCUT2D eigenvalue weighted by molar-refractivity contribution is -0.126. The monoisotopic (exact) mass is 213 g/mol. The van der Waals surface area contributed by atoms with Gasteiger partial charge in [-0.25, -0.2) is 0 Å². The molecular formula is C11H23N3O. The summed E-state index contributed by atoms with van der Waals surface area (Å²) in [4.78, 5) is 14.2. The molecule has 15 heavy (non-hydrogen) atoms. The number of amides is 1. The van der Waals surface area contributed by atoms with Crippen LogP contribution in [0.4, 0.5) is 0 Å². The molecule has 1 rings (SSSR count). The Bertz CT molecular complexity index is 208. The van der Waals surface area contributed by atoms with Crippen LogP contribution < -0.4 is 10.6 Å². The third kappa shape index (κ3) is 3.18. The summed E-state index contributed by atoms with van der Waals surface area (Å²) in [5.41, 5.74) is 0. The van der Waals surface area contributed by atoms with Crippen LogP contribution in [0.25, 0.3) is 0 Å². The highest BCUT2D eigenvalue weighted by Gasteiger charge is 2.29. The van der Waals surface area contributed by atoms with Crippen LogP contribution in [0.5, 0.6) is 0 Å². The molecule has 0 bridgehead atoms. The second-order valence-corrected chi connectivity index (χ2v) is 4.21. The fraction of sp³-hybridized carbons (Fsp3) is 0.909. The molecule has 1 aliphatic heterocycles. The van der Waals surface area contributed by atoms with Crippen LogP contribution in [0.1, 0.15) is 26.7 Å². The van der Waals surface area contributed by atoms with Crippen molar-refractivity contribution in [1.82, 2.24) is 15.5 Å². The molecule has 88 valence electrons. The first-order chi connectivity index (χ1) is 7.20. The number of nitrogens with zero attached hydrogens (tertiary/aromatic N) is 1. The van der Waals surface area contributed by atoms with Crippen LogP contribution in [0, 0.1) is 0 Å². The van der Waals surface area contributed by atoms with E-state index in [0.29, 0.717) is 6.04 Å². The Morgan fingerprint density at radius 3 is 3.00 bits per heavy atom. The number of likely N-dealkylation sites (N-methyl/N-ethyl adjacent to an activating group) is 1. The Labute approximate surface area is 92.4 Å². The van der Waals surface area contributed by atoms with Crippen molar-refractivity contribution in [2.75, 3.05) is 26.7 Å². The molecule has 0 aromatic heterocycles. The van der Waals surface area contributed by atoms with Gasteiger partial charge in [0.2, 0.25) is 5.91 Å². The van der Waals surface area contributed by atoms with Crippen molar-refractivity contribution in [3.05, 3.63) is 0 Å². The molecular weight excluding hydrogens is 190 g/mol. The largest absolute Gasteiger partial charge is 0.355 e. The molecule has 1 heterocycles. The van der Waals surface area contributed by atoms with Crippen molar-refractivity contribution in [2.24, 2.45) is 0 Å². The van der Waals surface area contributed by atoms with E-state index in [1.54, 1.807) is 0 Å².